The van der Waals surface area contributed by atoms with E-state index in [9.17, 15) is 18.0 Å². The van der Waals surface area contributed by atoms with Gasteiger partial charge in [-0.2, -0.15) is 0 Å². The Bertz CT molecular complexity index is 1210. The molecule has 0 fully saturated rings. The molecule has 1 amide bonds. The molecule has 9 heteroatoms. The number of nitrogens with one attached hydrogen (secondary N) is 2. The van der Waals surface area contributed by atoms with Gasteiger partial charge in [0.05, 0.1) is 10.5 Å². The van der Waals surface area contributed by atoms with E-state index in [1.807, 2.05) is 0 Å². The lowest BCUT2D eigenvalue weighted by Crippen LogP contribution is -2.15. The number of carbonyl (C=O) groups is 2. The third kappa shape index (κ3) is 4.97. The van der Waals surface area contributed by atoms with Crippen LogP contribution in [0, 0.1) is 6.92 Å². The molecule has 3 aromatic rings. The molecule has 0 aliphatic carbocycles. The molecule has 0 aliphatic heterocycles. The van der Waals surface area contributed by atoms with Crippen LogP contribution < -0.4 is 10.0 Å². The fourth-order valence-electron chi connectivity index (χ4n) is 2.60. The lowest BCUT2D eigenvalue weighted by molar-refractivity contribution is 0.0696. The molecular weight excluding hydrogens is 428 g/mol. The number of rotatable bonds is 6. The van der Waals surface area contributed by atoms with E-state index >= 15 is 0 Å². The summed E-state index contributed by atoms with van der Waals surface area (Å²) in [4.78, 5) is 23.7. The highest BCUT2D eigenvalue weighted by molar-refractivity contribution is 7.92. The summed E-state index contributed by atoms with van der Waals surface area (Å²) < 4.78 is 27.3. The van der Waals surface area contributed by atoms with Gasteiger partial charge >= 0.3 is 5.97 Å². The molecule has 0 heterocycles. The SMILES string of the molecule is Cc1ccc(C(=O)O)cc1NC(=O)c1ccc(NS(=O)(=O)c2ccc(Cl)cc2)cc1. The summed E-state index contributed by atoms with van der Waals surface area (Å²) in [5.74, 6) is -1.55. The summed E-state index contributed by atoms with van der Waals surface area (Å²) in [6, 6.07) is 16.0. The van der Waals surface area contributed by atoms with Crippen molar-refractivity contribution in [3.63, 3.8) is 0 Å². The van der Waals surface area contributed by atoms with Crippen LogP contribution in [0.25, 0.3) is 0 Å². The molecule has 0 bridgehead atoms. The number of aryl methyl sites for hydroxylation is 1. The Labute approximate surface area is 178 Å². The van der Waals surface area contributed by atoms with Gasteiger partial charge in [-0.05, 0) is 73.2 Å². The summed E-state index contributed by atoms with van der Waals surface area (Å²) in [5.41, 5.74) is 1.71. The molecule has 0 saturated heterocycles. The Morgan fingerprint density at radius 2 is 1.50 bits per heavy atom. The number of halogens is 1. The van der Waals surface area contributed by atoms with Crippen molar-refractivity contribution in [1.82, 2.24) is 0 Å². The molecule has 0 atom stereocenters. The van der Waals surface area contributed by atoms with Gasteiger partial charge in [-0.15, -0.1) is 0 Å². The average molecular weight is 445 g/mol. The summed E-state index contributed by atoms with van der Waals surface area (Å²) in [7, 11) is -3.80. The largest absolute Gasteiger partial charge is 0.478 e. The zero-order chi connectivity index (χ0) is 21.9. The second-order valence-electron chi connectivity index (χ2n) is 6.43. The van der Waals surface area contributed by atoms with Crippen molar-refractivity contribution >= 4 is 44.9 Å². The predicted molar refractivity (Wildman–Crippen MR) is 115 cm³/mol. The fourth-order valence-corrected chi connectivity index (χ4v) is 3.79. The quantitative estimate of drug-likeness (QED) is 0.521. The molecule has 0 unspecified atom stereocenters. The lowest BCUT2D eigenvalue weighted by Gasteiger charge is -2.11. The lowest BCUT2D eigenvalue weighted by atomic mass is 10.1. The maximum atomic E-state index is 12.5. The molecule has 3 aromatic carbocycles. The normalized spacial score (nSPS) is 11.0. The van der Waals surface area contributed by atoms with Crippen LogP contribution in [0.4, 0.5) is 11.4 Å². The number of hydrogen-bond acceptors (Lipinski definition) is 4. The van der Waals surface area contributed by atoms with Crippen LogP contribution in [0.15, 0.2) is 71.6 Å². The molecule has 3 rings (SSSR count). The number of amides is 1. The monoisotopic (exact) mass is 444 g/mol. The molecule has 0 spiro atoms. The topological polar surface area (TPSA) is 113 Å². The molecule has 0 aromatic heterocycles. The van der Waals surface area contributed by atoms with Crippen molar-refractivity contribution < 1.29 is 23.1 Å². The first kappa shape index (κ1) is 21.4. The smallest absolute Gasteiger partial charge is 0.335 e. The molecule has 3 N–H and O–H groups in total. The summed E-state index contributed by atoms with van der Waals surface area (Å²) >= 11 is 5.78. The van der Waals surface area contributed by atoms with Gasteiger partial charge in [0, 0.05) is 22.0 Å². The van der Waals surface area contributed by atoms with Crippen LogP contribution in [-0.2, 0) is 10.0 Å². The first-order chi connectivity index (χ1) is 14.2. The van der Waals surface area contributed by atoms with Gasteiger partial charge in [-0.25, -0.2) is 13.2 Å². The second-order valence-corrected chi connectivity index (χ2v) is 8.54. The number of carbonyl (C=O) groups excluding carboxylic acids is 1. The van der Waals surface area contributed by atoms with E-state index in [-0.39, 0.29) is 21.7 Å². The fraction of sp³-hybridized carbons (Fsp3) is 0.0476. The van der Waals surface area contributed by atoms with E-state index in [1.54, 1.807) is 13.0 Å². The molecule has 7 nitrogen and oxygen atoms in total. The second kappa shape index (κ2) is 8.56. The van der Waals surface area contributed by atoms with E-state index in [4.69, 9.17) is 16.7 Å². The van der Waals surface area contributed by atoms with Crippen LogP contribution in [0.1, 0.15) is 26.3 Å². The average Bonchev–Trinajstić information content (AvgIpc) is 2.70. The van der Waals surface area contributed by atoms with Crippen molar-refractivity contribution in [3.05, 3.63) is 88.4 Å². The first-order valence-electron chi connectivity index (χ1n) is 8.69. The van der Waals surface area contributed by atoms with Crippen LogP contribution in [0.5, 0.6) is 0 Å². The van der Waals surface area contributed by atoms with Gasteiger partial charge in [0.2, 0.25) is 0 Å². The summed E-state index contributed by atoms with van der Waals surface area (Å²) in [6.07, 6.45) is 0. The third-order valence-corrected chi connectivity index (χ3v) is 5.91. The van der Waals surface area contributed by atoms with Gasteiger partial charge < -0.3 is 10.4 Å². The minimum atomic E-state index is -3.80. The Balaban J connectivity index is 1.74. The highest BCUT2D eigenvalue weighted by Crippen LogP contribution is 2.21. The predicted octanol–water partition coefficient (Wildman–Crippen LogP) is 4.40. The van der Waals surface area contributed by atoms with Crippen LogP contribution in [-0.4, -0.2) is 25.4 Å². The Hall–Kier alpha value is -3.36. The minimum absolute atomic E-state index is 0.0579. The van der Waals surface area contributed by atoms with E-state index in [2.05, 4.69) is 10.0 Å². The molecule has 0 saturated carbocycles. The molecule has 0 aliphatic rings. The van der Waals surface area contributed by atoms with E-state index in [0.717, 1.165) is 0 Å². The number of benzene rings is 3. The number of carboxylic acids is 1. The summed E-state index contributed by atoms with van der Waals surface area (Å²) in [5, 5.41) is 12.2. The van der Waals surface area contributed by atoms with Crippen molar-refractivity contribution in [2.75, 3.05) is 10.0 Å². The van der Waals surface area contributed by atoms with Gasteiger partial charge in [0.15, 0.2) is 0 Å². The van der Waals surface area contributed by atoms with Crippen LogP contribution in [0.3, 0.4) is 0 Å². The highest BCUT2D eigenvalue weighted by atomic mass is 35.5. The number of sulfonamides is 1. The third-order valence-electron chi connectivity index (χ3n) is 4.26. The minimum Gasteiger partial charge on any atom is -0.478 e. The van der Waals surface area contributed by atoms with Gasteiger partial charge in [0.25, 0.3) is 15.9 Å². The van der Waals surface area contributed by atoms with Crippen molar-refractivity contribution in [1.29, 1.82) is 0 Å². The van der Waals surface area contributed by atoms with E-state index in [1.165, 1.54) is 60.7 Å². The Morgan fingerprint density at radius 3 is 2.10 bits per heavy atom. The number of hydrogen-bond donors (Lipinski definition) is 3. The van der Waals surface area contributed by atoms with Crippen molar-refractivity contribution in [3.8, 4) is 0 Å². The molecule has 30 heavy (non-hydrogen) atoms. The zero-order valence-corrected chi connectivity index (χ0v) is 17.3. The number of anilines is 2. The van der Waals surface area contributed by atoms with Crippen LogP contribution >= 0.6 is 11.6 Å². The maximum Gasteiger partial charge on any atom is 0.335 e. The van der Waals surface area contributed by atoms with E-state index in [0.29, 0.717) is 16.3 Å². The Morgan fingerprint density at radius 1 is 0.900 bits per heavy atom. The van der Waals surface area contributed by atoms with Gasteiger partial charge in [0.1, 0.15) is 0 Å². The number of carboxylic acid groups (broad SMARTS) is 1. The molecule has 0 radical (unpaired) electrons. The van der Waals surface area contributed by atoms with Gasteiger partial charge in [-0.3, -0.25) is 9.52 Å². The molecular formula is C21H17ClN2O5S. The highest BCUT2D eigenvalue weighted by Gasteiger charge is 2.15. The van der Waals surface area contributed by atoms with Crippen molar-refractivity contribution in [2.24, 2.45) is 0 Å². The van der Waals surface area contributed by atoms with Crippen LogP contribution in [0.2, 0.25) is 5.02 Å². The Kier molecular flexibility index (Phi) is 6.09. The van der Waals surface area contributed by atoms with E-state index < -0.39 is 21.9 Å². The standard InChI is InChI=1S/C21H17ClN2O5S/c1-13-2-3-15(21(26)27)12-19(13)23-20(25)14-4-8-17(9-5-14)24-30(28,29)18-10-6-16(22)7-11-18/h2-12,24H,1H3,(H,23,25)(H,26,27). The van der Waals surface area contributed by atoms with Crippen molar-refractivity contribution in [2.45, 2.75) is 11.8 Å². The molecule has 154 valence electrons. The first-order valence-corrected chi connectivity index (χ1v) is 10.6. The maximum absolute atomic E-state index is 12.5. The zero-order valence-electron chi connectivity index (χ0n) is 15.7. The summed E-state index contributed by atoms with van der Waals surface area (Å²) in [6.45, 7) is 1.75. The van der Waals surface area contributed by atoms with Gasteiger partial charge in [-0.1, -0.05) is 17.7 Å². The number of aromatic carboxylic acids is 1.